The number of anilines is 4. The van der Waals surface area contributed by atoms with E-state index >= 15 is 0 Å². The fraction of sp³-hybridized carbons (Fsp3) is 0.727. The van der Waals surface area contributed by atoms with Crippen LogP contribution in [0.4, 0.5) is 22.7 Å². The Morgan fingerprint density at radius 3 is 1.04 bits per heavy atom. The summed E-state index contributed by atoms with van der Waals surface area (Å²) in [5.41, 5.74) is 2.53. The van der Waals surface area contributed by atoms with Gasteiger partial charge in [-0.3, -0.25) is 51.6 Å². The molecule has 423 valence electrons. The minimum absolute atomic E-state index is 0. The summed E-state index contributed by atoms with van der Waals surface area (Å²) in [6, 6.07) is 3.67. The van der Waals surface area contributed by atoms with Crippen molar-refractivity contribution in [2.75, 3.05) is 14.8 Å². The van der Waals surface area contributed by atoms with Crippen LogP contribution >= 0.6 is 0 Å². The molecule has 2 aromatic rings. The van der Waals surface area contributed by atoms with Gasteiger partial charge in [0.05, 0.1) is 66.4 Å². The Bertz CT molecular complexity index is 2820. The molecule has 2 aromatic carbocycles. The first kappa shape index (κ1) is 57.3. The molecule has 4 saturated carbocycles. The first-order chi connectivity index (χ1) is 34.9. The van der Waals surface area contributed by atoms with Crippen LogP contribution in [0.3, 0.4) is 0 Å². The number of fused-ring (bicyclic) bond motifs is 20. The zero-order chi connectivity index (χ0) is 52.7. The van der Waals surface area contributed by atoms with E-state index in [0.29, 0.717) is 61.5 Å². The Labute approximate surface area is 449 Å². The second kappa shape index (κ2) is 21.9. The van der Waals surface area contributed by atoms with Crippen molar-refractivity contribution in [2.45, 2.75) is 162 Å². The van der Waals surface area contributed by atoms with Crippen molar-refractivity contribution in [3.05, 3.63) is 36.4 Å². The maximum atomic E-state index is 11.8. The van der Waals surface area contributed by atoms with E-state index in [1.165, 1.54) is 103 Å². The topological polar surface area (TPSA) is 395 Å². The molecule has 0 aromatic heterocycles. The van der Waals surface area contributed by atoms with Crippen LogP contribution in [0, 0.1) is 47.3 Å². The summed E-state index contributed by atoms with van der Waals surface area (Å²) in [4.78, 5) is -2.17. The summed E-state index contributed by atoms with van der Waals surface area (Å²) in [5.74, 6) is 5.97. The minimum atomic E-state index is -6.51. The maximum absolute atomic E-state index is 11.8. The van der Waals surface area contributed by atoms with E-state index in [4.69, 9.17) is 10.3 Å². The summed E-state index contributed by atoms with van der Waals surface area (Å²) in [6.45, 7) is 0. The van der Waals surface area contributed by atoms with Gasteiger partial charge in [-0.15, -0.1) is 0 Å². The van der Waals surface area contributed by atoms with Crippen LogP contribution < -0.4 is 57.3 Å². The van der Waals surface area contributed by atoms with Gasteiger partial charge in [0.15, 0.2) is 10.3 Å². The first-order valence-corrected chi connectivity index (χ1v) is 33.3. The van der Waals surface area contributed by atoms with Crippen molar-refractivity contribution in [2.24, 2.45) is 47.3 Å². The van der Waals surface area contributed by atoms with Crippen molar-refractivity contribution < 1.29 is 77.4 Å². The molecule has 31 heteroatoms. The molecule has 5 aliphatic heterocycles. The molecule has 8 bridgehead atoms. The maximum Gasteiger partial charge on any atom is 2.00 e. The zero-order valence-corrected chi connectivity index (χ0v) is 45.7. The molecule has 8 atom stereocenters. The van der Waals surface area contributed by atoms with Gasteiger partial charge in [0.2, 0.25) is 9.15 Å². The quantitative estimate of drug-likeness (QED) is 0.0764. The van der Waals surface area contributed by atoms with Gasteiger partial charge in [-0.2, -0.15) is 29.0 Å². The molecule has 4 aliphatic carbocycles. The van der Waals surface area contributed by atoms with E-state index in [0.717, 1.165) is 65.5 Å². The first-order valence-electron chi connectivity index (χ1n) is 25.7. The Hall–Kier alpha value is -2.37. The van der Waals surface area contributed by atoms with Gasteiger partial charge in [-0.05, 0) is 135 Å². The second-order valence-electron chi connectivity index (χ2n) is 21.6. The molecular formula is C44H67CuN11O14S5. The molecule has 5 heterocycles. The van der Waals surface area contributed by atoms with Crippen LogP contribution in [0.15, 0.2) is 46.2 Å². The van der Waals surface area contributed by atoms with Crippen molar-refractivity contribution in [1.82, 2.24) is 42.5 Å². The Balaban J connectivity index is 0.000000185. The van der Waals surface area contributed by atoms with Gasteiger partial charge >= 0.3 is 26.1 Å². The summed E-state index contributed by atoms with van der Waals surface area (Å²) in [6.07, 6.45) is 25.6. The predicted molar refractivity (Wildman–Crippen MR) is 268 cm³/mol. The van der Waals surface area contributed by atoms with Crippen LogP contribution in [-0.2, 0) is 65.8 Å². The van der Waals surface area contributed by atoms with Gasteiger partial charge in [0, 0.05) is 5.69 Å². The van der Waals surface area contributed by atoms with E-state index in [1.807, 2.05) is 0 Å². The van der Waals surface area contributed by atoms with Gasteiger partial charge < -0.3 is 20.2 Å². The average Bonchev–Trinajstić information content (AvgIpc) is 4.07. The zero-order valence-electron chi connectivity index (χ0n) is 40.7. The molecule has 25 nitrogen and oxygen atoms in total. The third-order valence-electron chi connectivity index (χ3n) is 17.5. The number of rotatable bonds is 8. The number of benzene rings is 2. The number of hydrogen-bond donors (Lipinski definition) is 12. The Morgan fingerprint density at radius 1 is 0.467 bits per heavy atom. The summed E-state index contributed by atoms with van der Waals surface area (Å²) in [5, 5.41) is 36.0. The molecule has 75 heavy (non-hydrogen) atoms. The SMILES string of the molecule is C1CCC2C3NC(NC4NC(NC5NC(NC6NC(N3)C3CCCCC63)C3CCCCC53)C3CCCCC43)C2C1.Nc1ccc(Nc2ccc(N(S(=O)(=O)[O-])S(=O)(=O)S(=O)(=O)[O-])cc2S(=O)(=O)O)cc1S(=O)(=O)O.[Cu+2]. The van der Waals surface area contributed by atoms with Gasteiger partial charge in [0.25, 0.3) is 20.2 Å². The summed E-state index contributed by atoms with van der Waals surface area (Å²) < 4.78 is 154. The molecule has 13 N–H and O–H groups in total. The normalized spacial score (nSPS) is 36.8. The van der Waals surface area contributed by atoms with E-state index in [1.54, 1.807) is 0 Å². The van der Waals surface area contributed by atoms with Gasteiger partial charge in [0.1, 0.15) is 9.79 Å². The molecule has 0 spiro atoms. The van der Waals surface area contributed by atoms with Crippen LogP contribution in [0.5, 0.6) is 0 Å². The molecule has 8 unspecified atom stereocenters. The number of nitrogens with one attached hydrogen (secondary N) is 9. The molecule has 11 rings (SSSR count). The van der Waals surface area contributed by atoms with Crippen LogP contribution in [-0.4, -0.2) is 110 Å². The fourth-order valence-electron chi connectivity index (χ4n) is 14.4. The number of hydrogen-bond acceptors (Lipinski definition) is 22. The third kappa shape index (κ3) is 11.7. The molecule has 0 amide bonds. The van der Waals surface area contributed by atoms with Crippen molar-refractivity contribution in [3.8, 4) is 0 Å². The molecule has 9 aliphatic rings. The Kier molecular flexibility index (Phi) is 16.8. The van der Waals surface area contributed by atoms with E-state index in [-0.39, 0.29) is 28.8 Å². The van der Waals surface area contributed by atoms with Crippen LogP contribution in [0.25, 0.3) is 0 Å². The second-order valence-corrected chi connectivity index (χ2v) is 30.4. The summed E-state index contributed by atoms with van der Waals surface area (Å²) >= 11 is 0. The van der Waals surface area contributed by atoms with Gasteiger partial charge in [-0.25, -0.2) is 16.8 Å². The largest absolute Gasteiger partial charge is 2.00 e. The van der Waals surface area contributed by atoms with Crippen molar-refractivity contribution in [1.29, 1.82) is 0 Å². The minimum Gasteiger partial charge on any atom is -0.734 e. The van der Waals surface area contributed by atoms with Gasteiger partial charge in [-0.1, -0.05) is 51.4 Å². The average molecular weight is 1200 g/mol. The van der Waals surface area contributed by atoms with E-state index < -0.39 is 79.3 Å². The number of nitrogen functional groups attached to an aromatic ring is 1. The predicted octanol–water partition coefficient (Wildman–Crippen LogP) is 1.17. The standard InChI is InChI=1S/C32H56N8.C12H13N3O14S5.Cu/c1-2-10-18-17(9-1)25-33-26(18)38-28-21-13-5-6-14-22(21)30(35-28)40-32-24-16-8-7-15-23(24)31(36-32)39-29-20-12-4-3-11-19(20)27(34-29)37-25;13-9-3-1-7(5-11(9)30(16,17)18)14-10-4-2-8(6-12(10)31(19,20)21)15(32(22,23)24)33(25,26)34(27,28)29;/h17-40H,1-16H2;1-6,14H,13H2,(H,16,17,18)(H,19,20,21)(H,22,23,24)(H,27,28,29);/q;;+2/p-2. The fourth-order valence-corrected chi connectivity index (χ4v) is 19.6. The summed E-state index contributed by atoms with van der Waals surface area (Å²) in [7, 11) is -29.5. The molecule has 9 fully saturated rings. The van der Waals surface area contributed by atoms with Crippen LogP contribution in [0.2, 0.25) is 0 Å². The molecular weight excluding hydrogens is 1130 g/mol. The third-order valence-corrected chi connectivity index (χ3v) is 24.5. The smallest absolute Gasteiger partial charge is 0.734 e. The van der Waals surface area contributed by atoms with Crippen LogP contribution in [0.1, 0.15) is 103 Å². The number of nitrogens with zero attached hydrogens (tertiary/aromatic N) is 1. The van der Waals surface area contributed by atoms with Crippen molar-refractivity contribution >= 4 is 71.5 Å². The monoisotopic (exact) mass is 1200 g/mol. The number of nitrogens with two attached hydrogens (primary N) is 1. The molecule has 5 saturated heterocycles. The van der Waals surface area contributed by atoms with E-state index in [2.05, 4.69) is 47.9 Å². The Morgan fingerprint density at radius 2 is 0.773 bits per heavy atom. The molecule has 1 radical (unpaired) electrons. The van der Waals surface area contributed by atoms with E-state index in [9.17, 15) is 55.7 Å². The van der Waals surface area contributed by atoms with Crippen molar-refractivity contribution in [3.63, 3.8) is 0 Å².